The predicted octanol–water partition coefficient (Wildman–Crippen LogP) is 11.2. The number of aromatic nitrogens is 4. The second-order valence-corrected chi connectivity index (χ2v) is 13.9. The van der Waals surface area contributed by atoms with Gasteiger partial charge in [0.2, 0.25) is 0 Å². The highest BCUT2D eigenvalue weighted by atomic mass is 15.0. The van der Waals surface area contributed by atoms with E-state index in [9.17, 15) is 21.0 Å². The van der Waals surface area contributed by atoms with Gasteiger partial charge in [-0.05, 0) is 91.0 Å². The molecule has 0 spiro atoms. The van der Waals surface area contributed by atoms with Gasteiger partial charge in [0.25, 0.3) is 0 Å². The Morgan fingerprint density at radius 3 is 1.38 bits per heavy atom. The van der Waals surface area contributed by atoms with Gasteiger partial charge in [-0.15, -0.1) is 0 Å². The topological polar surface area (TPSA) is 131 Å². The maximum atomic E-state index is 10.8. The fourth-order valence-corrected chi connectivity index (χ4v) is 8.05. The van der Waals surface area contributed by atoms with Crippen LogP contribution in [0.2, 0.25) is 0 Å². The summed E-state index contributed by atoms with van der Waals surface area (Å²) in [6.45, 7) is 0. The molecule has 10 aromatic rings. The molecule has 0 bridgehead atoms. The van der Waals surface area contributed by atoms with E-state index in [1.165, 1.54) is 10.8 Å². The minimum absolute atomic E-state index is 0.275. The molecule has 0 aliphatic rings. The van der Waals surface area contributed by atoms with Crippen LogP contribution in [0.25, 0.3) is 88.9 Å². The Morgan fingerprint density at radius 1 is 0.379 bits per heavy atom. The summed E-state index contributed by atoms with van der Waals surface area (Å²) in [5.41, 5.74) is 10.1. The van der Waals surface area contributed by atoms with Crippen LogP contribution in [-0.4, -0.2) is 19.1 Å². The van der Waals surface area contributed by atoms with Gasteiger partial charge in [-0.25, -0.2) is 9.97 Å². The molecule has 0 unspecified atom stereocenters. The Hall–Kier alpha value is -8.82. The van der Waals surface area contributed by atoms with Gasteiger partial charge in [-0.3, -0.25) is 0 Å². The van der Waals surface area contributed by atoms with Gasteiger partial charge in [-0.1, -0.05) is 66.7 Å². The molecule has 7 aromatic carbocycles. The van der Waals surface area contributed by atoms with Crippen molar-refractivity contribution in [3.05, 3.63) is 180 Å². The second kappa shape index (κ2) is 13.5. The SMILES string of the molecule is N#Cc1ccc(-c2cc(-c3c(C#N)cc(-n4c5ccccc5c5cc(-n6c7ccccc7c7ccccc76)ccc54)cc3C#N)nc(-c3ccc(C#N)cc3)n2)cc1. The maximum absolute atomic E-state index is 10.8. The molecule has 3 heterocycles. The molecule has 0 aliphatic heterocycles. The van der Waals surface area contributed by atoms with Gasteiger partial charge in [0, 0.05) is 49.6 Å². The van der Waals surface area contributed by atoms with Crippen LogP contribution >= 0.6 is 0 Å². The first-order valence-electron chi connectivity index (χ1n) is 18.5. The largest absolute Gasteiger partial charge is 0.309 e. The first kappa shape index (κ1) is 33.7. The van der Waals surface area contributed by atoms with Gasteiger partial charge < -0.3 is 9.13 Å². The number of hydrogen-bond acceptors (Lipinski definition) is 6. The van der Waals surface area contributed by atoms with Crippen molar-refractivity contribution in [2.45, 2.75) is 0 Å². The third-order valence-corrected chi connectivity index (χ3v) is 10.7. The van der Waals surface area contributed by atoms with Crippen LogP contribution in [0.15, 0.2) is 158 Å². The lowest BCUT2D eigenvalue weighted by molar-refractivity contribution is 1.15. The van der Waals surface area contributed by atoms with E-state index in [2.05, 4.69) is 112 Å². The molecule has 0 radical (unpaired) electrons. The monoisotopic (exact) mass is 738 g/mol. The first-order valence-corrected chi connectivity index (χ1v) is 18.5. The molecule has 8 heteroatoms. The molecule has 8 nitrogen and oxygen atoms in total. The highest BCUT2D eigenvalue weighted by molar-refractivity contribution is 6.12. The molecule has 0 fully saturated rings. The zero-order valence-electron chi connectivity index (χ0n) is 30.6. The summed E-state index contributed by atoms with van der Waals surface area (Å²) in [5.74, 6) is 0.361. The smallest absolute Gasteiger partial charge is 0.160 e. The average Bonchev–Trinajstić information content (AvgIpc) is 3.81. The lowest BCUT2D eigenvalue weighted by atomic mass is 9.96. The fraction of sp³-hybridized carbons (Fsp3) is 0. The zero-order chi connectivity index (χ0) is 39.3. The lowest BCUT2D eigenvalue weighted by Gasteiger charge is -2.15. The molecular formula is C50H26N8. The predicted molar refractivity (Wildman–Crippen MR) is 226 cm³/mol. The molecule has 0 N–H and O–H groups in total. The quantitative estimate of drug-likeness (QED) is 0.173. The fourth-order valence-electron chi connectivity index (χ4n) is 8.05. The van der Waals surface area contributed by atoms with Crippen molar-refractivity contribution in [3.63, 3.8) is 0 Å². The number of benzene rings is 7. The normalized spacial score (nSPS) is 11.0. The van der Waals surface area contributed by atoms with Crippen LogP contribution in [0.4, 0.5) is 0 Å². The van der Waals surface area contributed by atoms with Gasteiger partial charge >= 0.3 is 0 Å². The summed E-state index contributed by atoms with van der Waals surface area (Å²) in [4.78, 5) is 9.78. The van der Waals surface area contributed by atoms with E-state index in [1.807, 2.05) is 36.4 Å². The van der Waals surface area contributed by atoms with Crippen LogP contribution in [0.5, 0.6) is 0 Å². The molecule has 0 saturated heterocycles. The van der Waals surface area contributed by atoms with Crippen LogP contribution in [0.3, 0.4) is 0 Å². The Morgan fingerprint density at radius 2 is 0.845 bits per heavy atom. The van der Waals surface area contributed by atoms with E-state index in [1.54, 1.807) is 42.5 Å². The summed E-state index contributed by atoms with van der Waals surface area (Å²) < 4.78 is 4.41. The Bertz CT molecular complexity index is 3320. The van der Waals surface area contributed by atoms with E-state index in [0.717, 1.165) is 44.1 Å². The number of rotatable bonds is 5. The van der Waals surface area contributed by atoms with Crippen LogP contribution < -0.4 is 0 Å². The molecule has 58 heavy (non-hydrogen) atoms. The van der Waals surface area contributed by atoms with E-state index in [-0.39, 0.29) is 11.1 Å². The van der Waals surface area contributed by atoms with Crippen LogP contribution in [-0.2, 0) is 0 Å². The molecular weight excluding hydrogens is 713 g/mol. The van der Waals surface area contributed by atoms with Gasteiger partial charge in [0.15, 0.2) is 5.82 Å². The van der Waals surface area contributed by atoms with Gasteiger partial charge in [-0.2, -0.15) is 21.0 Å². The van der Waals surface area contributed by atoms with Gasteiger partial charge in [0.05, 0.1) is 80.0 Å². The van der Waals surface area contributed by atoms with E-state index >= 15 is 0 Å². The van der Waals surface area contributed by atoms with Crippen molar-refractivity contribution in [1.82, 2.24) is 19.1 Å². The third kappa shape index (κ3) is 5.35. The van der Waals surface area contributed by atoms with Crippen molar-refractivity contribution in [2.24, 2.45) is 0 Å². The highest BCUT2D eigenvalue weighted by Gasteiger charge is 2.21. The number of fused-ring (bicyclic) bond motifs is 6. The summed E-state index contributed by atoms with van der Waals surface area (Å²) in [7, 11) is 0. The molecule has 3 aromatic heterocycles. The second-order valence-electron chi connectivity index (χ2n) is 13.9. The van der Waals surface area contributed by atoms with E-state index in [4.69, 9.17) is 9.97 Å². The van der Waals surface area contributed by atoms with Crippen molar-refractivity contribution >= 4 is 43.6 Å². The van der Waals surface area contributed by atoms with Crippen molar-refractivity contribution < 1.29 is 0 Å². The number of para-hydroxylation sites is 3. The molecule has 0 aliphatic carbocycles. The summed E-state index contributed by atoms with van der Waals surface area (Å²) >= 11 is 0. The van der Waals surface area contributed by atoms with Crippen molar-refractivity contribution in [1.29, 1.82) is 21.0 Å². The van der Waals surface area contributed by atoms with Crippen molar-refractivity contribution in [2.75, 3.05) is 0 Å². The lowest BCUT2D eigenvalue weighted by Crippen LogP contribution is -2.02. The third-order valence-electron chi connectivity index (χ3n) is 10.7. The first-order chi connectivity index (χ1) is 28.6. The molecule has 0 atom stereocenters. The Balaban J connectivity index is 1.17. The summed E-state index contributed by atoms with van der Waals surface area (Å²) in [6, 6.07) is 59.9. The minimum Gasteiger partial charge on any atom is -0.309 e. The summed E-state index contributed by atoms with van der Waals surface area (Å²) in [5, 5.41) is 44.8. The highest BCUT2D eigenvalue weighted by Crippen LogP contribution is 2.39. The molecule has 0 saturated carbocycles. The Labute approximate surface area is 332 Å². The Kier molecular flexibility index (Phi) is 7.84. The molecule has 0 amide bonds. The maximum Gasteiger partial charge on any atom is 0.160 e. The number of hydrogen-bond donors (Lipinski definition) is 0. The molecule has 10 rings (SSSR count). The standard InChI is InChI=1S/C50H26N8/c51-27-31-13-17-33(18-14-31)43-26-44(56-50(55-43)34-19-15-32(28-52)16-20-34)49-35(29-53)23-38(24-36(49)30-54)58-47-12-6-3-9-41(47)42-25-37(21-22-48(42)58)57-45-10-4-1-7-39(45)40-8-2-5-11-46(40)57/h1-26H. The summed E-state index contributed by atoms with van der Waals surface area (Å²) in [6.07, 6.45) is 0. The minimum atomic E-state index is 0.275. The van der Waals surface area contributed by atoms with Gasteiger partial charge in [0.1, 0.15) is 0 Å². The molecule has 266 valence electrons. The van der Waals surface area contributed by atoms with Crippen LogP contribution in [0.1, 0.15) is 22.3 Å². The number of nitrogens with zero attached hydrogens (tertiary/aromatic N) is 8. The van der Waals surface area contributed by atoms with Crippen LogP contribution in [0, 0.1) is 45.3 Å². The zero-order valence-corrected chi connectivity index (χ0v) is 30.6. The number of nitriles is 4. The average molecular weight is 739 g/mol. The van der Waals surface area contributed by atoms with E-state index < -0.39 is 0 Å². The van der Waals surface area contributed by atoms with E-state index in [0.29, 0.717) is 45.2 Å². The van der Waals surface area contributed by atoms with Crippen molar-refractivity contribution in [3.8, 4) is 69.6 Å².